The zero-order valence-electron chi connectivity index (χ0n) is 11.4. The summed E-state index contributed by atoms with van der Waals surface area (Å²) < 4.78 is 5.85. The normalized spacial score (nSPS) is 22.1. The molecule has 1 saturated carbocycles. The molecule has 2 rings (SSSR count). The van der Waals surface area contributed by atoms with E-state index in [1.165, 1.54) is 0 Å². The standard InChI is InChI=1S/C14H19BrN2O3/c1-20-9-6-7-11(10(15)8-9)16-14(19)17-12-4-2-3-5-13(12)18/h6-8,12-13,18H,2-5H2,1H3,(H2,16,17,19). The van der Waals surface area contributed by atoms with Gasteiger partial charge < -0.3 is 20.5 Å². The van der Waals surface area contributed by atoms with Crippen LogP contribution in [0, 0.1) is 0 Å². The number of urea groups is 1. The molecule has 110 valence electrons. The van der Waals surface area contributed by atoms with Gasteiger partial charge in [0.1, 0.15) is 5.75 Å². The number of halogens is 1. The summed E-state index contributed by atoms with van der Waals surface area (Å²) in [5.74, 6) is 0.713. The summed E-state index contributed by atoms with van der Waals surface area (Å²) in [6.07, 6.45) is 3.17. The van der Waals surface area contributed by atoms with Crippen molar-refractivity contribution in [2.24, 2.45) is 0 Å². The maximum atomic E-state index is 11.9. The molecule has 0 bridgehead atoms. The maximum Gasteiger partial charge on any atom is 0.319 e. The summed E-state index contributed by atoms with van der Waals surface area (Å²) in [7, 11) is 1.59. The van der Waals surface area contributed by atoms with Gasteiger partial charge in [-0.05, 0) is 47.0 Å². The fraction of sp³-hybridized carbons (Fsp3) is 0.500. The molecule has 0 spiro atoms. The Hall–Kier alpha value is -1.27. The molecule has 6 heteroatoms. The van der Waals surface area contributed by atoms with Gasteiger partial charge >= 0.3 is 6.03 Å². The van der Waals surface area contributed by atoms with Gasteiger partial charge in [-0.1, -0.05) is 12.8 Å². The third-order valence-corrected chi connectivity index (χ3v) is 4.13. The first-order valence-electron chi connectivity index (χ1n) is 6.69. The van der Waals surface area contributed by atoms with Crippen LogP contribution < -0.4 is 15.4 Å². The third kappa shape index (κ3) is 3.86. The lowest BCUT2D eigenvalue weighted by Crippen LogP contribution is -2.46. The number of anilines is 1. The maximum absolute atomic E-state index is 11.9. The van der Waals surface area contributed by atoms with Gasteiger partial charge in [0.05, 0.1) is 24.9 Å². The molecule has 2 unspecified atom stereocenters. The predicted octanol–water partition coefficient (Wildman–Crippen LogP) is 2.88. The first-order chi connectivity index (χ1) is 9.60. The molecular weight excluding hydrogens is 324 g/mol. The van der Waals surface area contributed by atoms with Crippen LogP contribution in [-0.4, -0.2) is 30.4 Å². The molecule has 2 amide bonds. The Labute approximate surface area is 126 Å². The summed E-state index contributed by atoms with van der Waals surface area (Å²) in [4.78, 5) is 11.9. The van der Waals surface area contributed by atoms with Crippen LogP contribution in [0.2, 0.25) is 0 Å². The van der Waals surface area contributed by atoms with Crippen molar-refractivity contribution in [1.82, 2.24) is 5.32 Å². The largest absolute Gasteiger partial charge is 0.497 e. The van der Waals surface area contributed by atoms with E-state index in [0.29, 0.717) is 11.4 Å². The van der Waals surface area contributed by atoms with Gasteiger partial charge in [-0.25, -0.2) is 4.79 Å². The third-order valence-electron chi connectivity index (χ3n) is 3.47. The zero-order valence-corrected chi connectivity index (χ0v) is 12.9. The molecule has 20 heavy (non-hydrogen) atoms. The number of carbonyl (C=O) groups is 1. The number of rotatable bonds is 3. The Morgan fingerprint density at radius 1 is 1.40 bits per heavy atom. The predicted molar refractivity (Wildman–Crippen MR) is 81.1 cm³/mol. The minimum atomic E-state index is -0.450. The summed E-state index contributed by atoms with van der Waals surface area (Å²) >= 11 is 3.38. The van der Waals surface area contributed by atoms with Crippen LogP contribution in [0.4, 0.5) is 10.5 Å². The minimum absolute atomic E-state index is 0.166. The zero-order chi connectivity index (χ0) is 14.5. The Balaban J connectivity index is 1.94. The Kier molecular flexibility index (Phi) is 5.25. The first-order valence-corrected chi connectivity index (χ1v) is 7.48. The lowest BCUT2D eigenvalue weighted by Gasteiger charge is -2.28. The smallest absolute Gasteiger partial charge is 0.319 e. The number of aliphatic hydroxyl groups excluding tert-OH is 1. The fourth-order valence-corrected chi connectivity index (χ4v) is 2.79. The van der Waals surface area contributed by atoms with Crippen molar-refractivity contribution in [3.8, 4) is 5.75 Å². The highest BCUT2D eigenvalue weighted by atomic mass is 79.9. The number of hydrogen-bond acceptors (Lipinski definition) is 3. The lowest BCUT2D eigenvalue weighted by molar-refractivity contribution is 0.0955. The number of nitrogens with one attached hydrogen (secondary N) is 2. The second-order valence-electron chi connectivity index (χ2n) is 4.90. The molecule has 1 aromatic carbocycles. The van der Waals surface area contributed by atoms with E-state index in [4.69, 9.17) is 4.74 Å². The van der Waals surface area contributed by atoms with Gasteiger partial charge in [0.25, 0.3) is 0 Å². The van der Waals surface area contributed by atoms with Crippen molar-refractivity contribution in [3.63, 3.8) is 0 Å². The van der Waals surface area contributed by atoms with Gasteiger partial charge in [0.15, 0.2) is 0 Å². The molecule has 0 radical (unpaired) electrons. The van der Waals surface area contributed by atoms with E-state index in [2.05, 4.69) is 26.6 Å². The van der Waals surface area contributed by atoms with E-state index in [9.17, 15) is 9.90 Å². The van der Waals surface area contributed by atoms with Crippen molar-refractivity contribution in [1.29, 1.82) is 0 Å². The van der Waals surface area contributed by atoms with E-state index < -0.39 is 6.10 Å². The van der Waals surface area contributed by atoms with Crippen LogP contribution in [0.3, 0.4) is 0 Å². The van der Waals surface area contributed by atoms with Crippen LogP contribution in [0.15, 0.2) is 22.7 Å². The second kappa shape index (κ2) is 6.95. The van der Waals surface area contributed by atoms with E-state index in [1.807, 2.05) is 0 Å². The van der Waals surface area contributed by atoms with Gasteiger partial charge in [-0.3, -0.25) is 0 Å². The Morgan fingerprint density at radius 3 is 2.80 bits per heavy atom. The van der Waals surface area contributed by atoms with Crippen molar-refractivity contribution < 1.29 is 14.6 Å². The van der Waals surface area contributed by atoms with Crippen LogP contribution in [-0.2, 0) is 0 Å². The average Bonchev–Trinajstić information content (AvgIpc) is 2.43. The van der Waals surface area contributed by atoms with Gasteiger partial charge in [0, 0.05) is 4.47 Å². The topological polar surface area (TPSA) is 70.6 Å². The summed E-state index contributed by atoms with van der Waals surface area (Å²) in [6.45, 7) is 0. The molecule has 2 atom stereocenters. The molecule has 1 fully saturated rings. The van der Waals surface area contributed by atoms with Gasteiger partial charge in [-0.2, -0.15) is 0 Å². The Bertz CT molecular complexity index is 481. The highest BCUT2D eigenvalue weighted by Gasteiger charge is 2.24. The average molecular weight is 343 g/mol. The molecule has 3 N–H and O–H groups in total. The van der Waals surface area contributed by atoms with E-state index in [0.717, 1.165) is 30.2 Å². The van der Waals surface area contributed by atoms with Crippen LogP contribution in [0.1, 0.15) is 25.7 Å². The molecule has 0 heterocycles. The van der Waals surface area contributed by atoms with Gasteiger partial charge in [0.2, 0.25) is 0 Å². The number of carbonyl (C=O) groups excluding carboxylic acids is 1. The summed E-state index contributed by atoms with van der Waals surface area (Å²) in [5, 5.41) is 15.4. The van der Waals surface area contributed by atoms with Crippen LogP contribution in [0.25, 0.3) is 0 Å². The highest BCUT2D eigenvalue weighted by Crippen LogP contribution is 2.27. The molecule has 0 saturated heterocycles. The van der Waals surface area contributed by atoms with Crippen molar-refractivity contribution in [2.45, 2.75) is 37.8 Å². The number of amides is 2. The quantitative estimate of drug-likeness (QED) is 0.790. The number of hydrogen-bond donors (Lipinski definition) is 3. The number of methoxy groups -OCH3 is 1. The van der Waals surface area contributed by atoms with Crippen molar-refractivity contribution in [3.05, 3.63) is 22.7 Å². The number of aliphatic hydroxyl groups is 1. The van der Waals surface area contributed by atoms with E-state index in [1.54, 1.807) is 25.3 Å². The number of benzene rings is 1. The van der Waals surface area contributed by atoms with Crippen molar-refractivity contribution in [2.75, 3.05) is 12.4 Å². The molecule has 0 aromatic heterocycles. The molecular formula is C14H19BrN2O3. The second-order valence-corrected chi connectivity index (χ2v) is 5.76. The molecule has 1 aromatic rings. The van der Waals surface area contributed by atoms with Gasteiger partial charge in [-0.15, -0.1) is 0 Å². The summed E-state index contributed by atoms with van der Waals surface area (Å²) in [5.41, 5.74) is 0.661. The lowest BCUT2D eigenvalue weighted by atomic mass is 9.93. The first kappa shape index (κ1) is 15.1. The molecule has 1 aliphatic carbocycles. The van der Waals surface area contributed by atoms with Crippen molar-refractivity contribution >= 4 is 27.6 Å². The minimum Gasteiger partial charge on any atom is -0.497 e. The molecule has 0 aliphatic heterocycles. The monoisotopic (exact) mass is 342 g/mol. The SMILES string of the molecule is COc1ccc(NC(=O)NC2CCCCC2O)c(Br)c1. The van der Waals surface area contributed by atoms with E-state index in [-0.39, 0.29) is 12.1 Å². The van der Waals surface area contributed by atoms with Crippen LogP contribution in [0.5, 0.6) is 5.75 Å². The molecule has 1 aliphatic rings. The number of ether oxygens (including phenoxy) is 1. The Morgan fingerprint density at radius 2 is 2.15 bits per heavy atom. The van der Waals surface area contributed by atoms with Crippen LogP contribution >= 0.6 is 15.9 Å². The highest BCUT2D eigenvalue weighted by molar-refractivity contribution is 9.10. The molecule has 5 nitrogen and oxygen atoms in total. The van der Waals surface area contributed by atoms with E-state index >= 15 is 0 Å². The summed E-state index contributed by atoms with van der Waals surface area (Å²) in [6, 6.07) is 4.85. The fourth-order valence-electron chi connectivity index (χ4n) is 2.33.